The predicted molar refractivity (Wildman–Crippen MR) is 93.5 cm³/mol. The fourth-order valence-electron chi connectivity index (χ4n) is 2.15. The second kappa shape index (κ2) is 8.59. The number of hydrogen-bond donors (Lipinski definition) is 1. The molecule has 11 heteroatoms. The molecule has 152 valence electrons. The Morgan fingerprint density at radius 1 is 1.14 bits per heavy atom. The molecule has 0 aliphatic carbocycles. The van der Waals surface area contributed by atoms with E-state index < -0.39 is 18.7 Å². The molecule has 0 fully saturated rings. The van der Waals surface area contributed by atoms with E-state index in [2.05, 4.69) is 25.2 Å². The highest BCUT2D eigenvalue weighted by Gasteiger charge is 2.28. The third-order valence-corrected chi connectivity index (χ3v) is 3.43. The second-order valence-electron chi connectivity index (χ2n) is 5.79. The molecule has 0 saturated carbocycles. The van der Waals surface area contributed by atoms with Crippen molar-refractivity contribution in [2.45, 2.75) is 19.7 Å². The number of ether oxygens (including phenoxy) is 2. The lowest BCUT2D eigenvalue weighted by molar-refractivity contribution is -0.154. The molecule has 2 aromatic heterocycles. The SMILES string of the molecule is Cc1nc(COc2ccc(C(=O)Nc3ccc(OCC(F)(F)F)nc3)cc2)no1. The van der Waals surface area contributed by atoms with Crippen molar-refractivity contribution >= 4 is 11.6 Å². The molecule has 1 aromatic carbocycles. The molecule has 0 unspecified atom stereocenters. The molecule has 29 heavy (non-hydrogen) atoms. The maximum absolute atomic E-state index is 12.3. The van der Waals surface area contributed by atoms with Gasteiger partial charge in [-0.25, -0.2) is 4.98 Å². The Labute approximate surface area is 162 Å². The third-order valence-electron chi connectivity index (χ3n) is 3.43. The maximum atomic E-state index is 12.3. The number of amides is 1. The average molecular weight is 408 g/mol. The zero-order valence-electron chi connectivity index (χ0n) is 15.1. The lowest BCUT2D eigenvalue weighted by Crippen LogP contribution is -2.19. The van der Waals surface area contributed by atoms with E-state index in [1.165, 1.54) is 18.3 Å². The summed E-state index contributed by atoms with van der Waals surface area (Å²) in [5.41, 5.74) is 0.660. The molecule has 2 heterocycles. The van der Waals surface area contributed by atoms with Gasteiger partial charge in [0.05, 0.1) is 11.9 Å². The number of carbonyl (C=O) groups is 1. The summed E-state index contributed by atoms with van der Waals surface area (Å²) in [5, 5.41) is 6.29. The summed E-state index contributed by atoms with van der Waals surface area (Å²) in [6, 6.07) is 8.95. The highest BCUT2D eigenvalue weighted by atomic mass is 19.4. The summed E-state index contributed by atoms with van der Waals surface area (Å²) in [6.07, 6.45) is -3.25. The first-order valence-corrected chi connectivity index (χ1v) is 8.27. The van der Waals surface area contributed by atoms with Crippen molar-refractivity contribution in [2.75, 3.05) is 11.9 Å². The lowest BCUT2D eigenvalue weighted by Gasteiger charge is -2.09. The predicted octanol–water partition coefficient (Wildman–Crippen LogP) is 3.55. The van der Waals surface area contributed by atoms with E-state index in [1.54, 1.807) is 31.2 Å². The Kier molecular flexibility index (Phi) is 5.96. The standard InChI is InChI=1S/C18H15F3N4O4/c1-11-23-15(25-29-11)9-27-14-5-2-12(3-6-14)17(26)24-13-4-7-16(22-8-13)28-10-18(19,20)21/h2-8H,9-10H2,1H3,(H,24,26). The van der Waals surface area contributed by atoms with Crippen LogP contribution in [0.5, 0.6) is 11.6 Å². The van der Waals surface area contributed by atoms with Gasteiger partial charge in [-0.2, -0.15) is 18.2 Å². The van der Waals surface area contributed by atoms with E-state index in [0.717, 1.165) is 0 Å². The van der Waals surface area contributed by atoms with Crippen LogP contribution < -0.4 is 14.8 Å². The minimum atomic E-state index is -4.45. The van der Waals surface area contributed by atoms with Gasteiger partial charge in [-0.3, -0.25) is 4.79 Å². The van der Waals surface area contributed by atoms with Crippen LogP contribution in [0.2, 0.25) is 0 Å². The number of hydrogen-bond acceptors (Lipinski definition) is 7. The number of alkyl halides is 3. The molecule has 0 saturated heterocycles. The molecule has 0 spiro atoms. The van der Waals surface area contributed by atoms with E-state index >= 15 is 0 Å². The van der Waals surface area contributed by atoms with Gasteiger partial charge in [0.25, 0.3) is 5.91 Å². The first kappa shape index (κ1) is 20.1. The molecule has 8 nitrogen and oxygen atoms in total. The average Bonchev–Trinajstić information content (AvgIpc) is 3.11. The second-order valence-corrected chi connectivity index (χ2v) is 5.79. The first-order valence-electron chi connectivity index (χ1n) is 8.27. The Morgan fingerprint density at radius 2 is 1.90 bits per heavy atom. The van der Waals surface area contributed by atoms with Crippen LogP contribution in [0.1, 0.15) is 22.1 Å². The number of carbonyl (C=O) groups excluding carboxylic acids is 1. The number of nitrogens with zero attached hydrogens (tertiary/aromatic N) is 3. The van der Waals surface area contributed by atoms with Crippen molar-refractivity contribution in [3.63, 3.8) is 0 Å². The van der Waals surface area contributed by atoms with Gasteiger partial charge in [0.15, 0.2) is 13.2 Å². The van der Waals surface area contributed by atoms with Gasteiger partial charge < -0.3 is 19.3 Å². The van der Waals surface area contributed by atoms with Gasteiger partial charge in [-0.15, -0.1) is 0 Å². The van der Waals surface area contributed by atoms with E-state index in [1.807, 2.05) is 0 Å². The van der Waals surface area contributed by atoms with Crippen LogP contribution in [0.25, 0.3) is 0 Å². The molecule has 0 bridgehead atoms. The zero-order valence-corrected chi connectivity index (χ0v) is 15.1. The van der Waals surface area contributed by atoms with Crippen LogP contribution in [-0.4, -0.2) is 33.8 Å². The van der Waals surface area contributed by atoms with E-state index in [9.17, 15) is 18.0 Å². The van der Waals surface area contributed by atoms with Crippen LogP contribution in [0.4, 0.5) is 18.9 Å². The van der Waals surface area contributed by atoms with Gasteiger partial charge in [-0.05, 0) is 30.3 Å². The Bertz CT molecular complexity index is 956. The highest BCUT2D eigenvalue weighted by Crippen LogP contribution is 2.19. The topological polar surface area (TPSA) is 99.4 Å². The largest absolute Gasteiger partial charge is 0.485 e. The summed E-state index contributed by atoms with van der Waals surface area (Å²) in [6.45, 7) is 0.353. The summed E-state index contributed by atoms with van der Waals surface area (Å²) < 4.78 is 51.2. The molecule has 0 atom stereocenters. The van der Waals surface area contributed by atoms with Crippen LogP contribution in [0.15, 0.2) is 47.1 Å². The zero-order chi connectivity index (χ0) is 20.9. The van der Waals surface area contributed by atoms with Crippen LogP contribution in [0, 0.1) is 6.92 Å². The van der Waals surface area contributed by atoms with Gasteiger partial charge in [-0.1, -0.05) is 5.16 Å². The fraction of sp³-hybridized carbons (Fsp3) is 0.222. The first-order chi connectivity index (χ1) is 13.8. The Balaban J connectivity index is 1.52. The molecule has 1 N–H and O–H groups in total. The van der Waals surface area contributed by atoms with Gasteiger partial charge in [0.2, 0.25) is 17.6 Å². The number of halogens is 3. The van der Waals surface area contributed by atoms with Gasteiger partial charge >= 0.3 is 6.18 Å². The van der Waals surface area contributed by atoms with Crippen molar-refractivity contribution in [3.8, 4) is 11.6 Å². The Morgan fingerprint density at radius 3 is 2.48 bits per heavy atom. The third kappa shape index (κ3) is 6.19. The minimum absolute atomic E-state index is 0.122. The van der Waals surface area contributed by atoms with Crippen molar-refractivity contribution in [2.24, 2.45) is 0 Å². The number of aromatic nitrogens is 3. The fourth-order valence-corrected chi connectivity index (χ4v) is 2.15. The molecular formula is C18H15F3N4O4. The molecule has 3 aromatic rings. The molecule has 0 aliphatic rings. The number of nitrogens with one attached hydrogen (secondary N) is 1. The van der Waals surface area contributed by atoms with Gasteiger partial charge in [0, 0.05) is 18.6 Å². The summed E-state index contributed by atoms with van der Waals surface area (Å²) >= 11 is 0. The minimum Gasteiger partial charge on any atom is -0.485 e. The van der Waals surface area contributed by atoms with E-state index in [-0.39, 0.29) is 12.5 Å². The number of benzene rings is 1. The maximum Gasteiger partial charge on any atom is 0.422 e. The van der Waals surface area contributed by atoms with Crippen LogP contribution in [-0.2, 0) is 6.61 Å². The van der Waals surface area contributed by atoms with Crippen LogP contribution >= 0.6 is 0 Å². The number of aryl methyl sites for hydroxylation is 1. The van der Waals surface area contributed by atoms with E-state index in [0.29, 0.717) is 28.7 Å². The Hall–Kier alpha value is -3.63. The summed E-state index contributed by atoms with van der Waals surface area (Å²) in [5.74, 6) is 0.732. The number of anilines is 1. The van der Waals surface area contributed by atoms with Crippen molar-refractivity contribution in [1.29, 1.82) is 0 Å². The molecular weight excluding hydrogens is 393 g/mol. The molecule has 0 radical (unpaired) electrons. The van der Waals surface area contributed by atoms with Crippen molar-refractivity contribution in [3.05, 3.63) is 59.9 Å². The van der Waals surface area contributed by atoms with E-state index in [4.69, 9.17) is 9.26 Å². The van der Waals surface area contributed by atoms with Crippen LogP contribution in [0.3, 0.4) is 0 Å². The lowest BCUT2D eigenvalue weighted by atomic mass is 10.2. The summed E-state index contributed by atoms with van der Waals surface area (Å²) in [7, 11) is 0. The van der Waals surface area contributed by atoms with Gasteiger partial charge in [0.1, 0.15) is 5.75 Å². The van der Waals surface area contributed by atoms with Crippen molar-refractivity contribution in [1.82, 2.24) is 15.1 Å². The molecule has 0 aliphatic heterocycles. The molecule has 3 rings (SSSR count). The van der Waals surface area contributed by atoms with Crippen molar-refractivity contribution < 1.29 is 32.0 Å². The molecule has 1 amide bonds. The number of pyridine rings is 1. The summed E-state index contributed by atoms with van der Waals surface area (Å²) in [4.78, 5) is 20.0. The number of rotatable bonds is 7. The smallest absolute Gasteiger partial charge is 0.422 e. The normalized spacial score (nSPS) is 11.2. The quantitative estimate of drug-likeness (QED) is 0.638. The highest BCUT2D eigenvalue weighted by molar-refractivity contribution is 6.04. The monoisotopic (exact) mass is 408 g/mol.